The van der Waals surface area contributed by atoms with Crippen LogP contribution in [0.2, 0.25) is 0 Å². The van der Waals surface area contributed by atoms with E-state index in [9.17, 15) is 9.59 Å². The van der Waals surface area contributed by atoms with E-state index in [0.717, 1.165) is 55.4 Å². The third kappa shape index (κ3) is 2.89. The van der Waals surface area contributed by atoms with Gasteiger partial charge in [-0.2, -0.15) is 0 Å². The molecule has 4 nitrogen and oxygen atoms in total. The van der Waals surface area contributed by atoms with Crippen LogP contribution in [0, 0.1) is 0 Å². The molecular formula is C25H26N2O2. The van der Waals surface area contributed by atoms with E-state index in [4.69, 9.17) is 0 Å². The largest absolute Gasteiger partial charge is 0.340 e. The molecular weight excluding hydrogens is 360 g/mol. The van der Waals surface area contributed by atoms with Crippen molar-refractivity contribution in [3.05, 3.63) is 70.9 Å². The van der Waals surface area contributed by atoms with E-state index in [-0.39, 0.29) is 17.7 Å². The molecule has 0 radical (unpaired) electrons. The maximum Gasteiger partial charge on any atom is 0.253 e. The molecule has 3 heterocycles. The SMILES string of the molecule is CCCC1CC(=O)c2cccc3c4c(n1c23)CCN(C(=O)c1ccccc1)CC4. The first kappa shape index (κ1) is 18.2. The van der Waals surface area contributed by atoms with Gasteiger partial charge in [0.1, 0.15) is 0 Å². The van der Waals surface area contributed by atoms with Crippen molar-refractivity contribution in [2.45, 2.75) is 45.1 Å². The number of rotatable bonds is 3. The number of fused-ring (bicyclic) bond motifs is 3. The molecule has 2 aromatic carbocycles. The van der Waals surface area contributed by atoms with Crippen molar-refractivity contribution in [1.82, 2.24) is 9.47 Å². The van der Waals surface area contributed by atoms with Crippen LogP contribution in [-0.2, 0) is 12.8 Å². The Kier molecular flexibility index (Phi) is 4.50. The Bertz CT molecular complexity index is 1100. The van der Waals surface area contributed by atoms with Crippen molar-refractivity contribution in [3.63, 3.8) is 0 Å². The number of benzene rings is 2. The molecule has 1 aromatic heterocycles. The first-order valence-electron chi connectivity index (χ1n) is 10.7. The van der Waals surface area contributed by atoms with Gasteiger partial charge in [-0.1, -0.05) is 43.7 Å². The molecule has 0 N–H and O–H groups in total. The Balaban J connectivity index is 1.56. The van der Waals surface area contributed by atoms with E-state index >= 15 is 0 Å². The number of carbonyl (C=O) groups excluding carboxylic acids is 2. The zero-order chi connectivity index (χ0) is 20.0. The monoisotopic (exact) mass is 386 g/mol. The number of nitrogens with zero attached hydrogens (tertiary/aromatic N) is 2. The lowest BCUT2D eigenvalue weighted by atomic mass is 9.94. The van der Waals surface area contributed by atoms with Crippen molar-refractivity contribution in [1.29, 1.82) is 0 Å². The molecule has 0 saturated heterocycles. The molecule has 3 aromatic rings. The maximum atomic E-state index is 13.0. The second-order valence-electron chi connectivity index (χ2n) is 8.23. The molecule has 0 aliphatic carbocycles. The van der Waals surface area contributed by atoms with E-state index in [1.165, 1.54) is 16.6 Å². The van der Waals surface area contributed by atoms with E-state index in [1.54, 1.807) is 0 Å². The van der Waals surface area contributed by atoms with Crippen LogP contribution in [0.15, 0.2) is 48.5 Å². The number of aromatic nitrogens is 1. The van der Waals surface area contributed by atoms with Gasteiger partial charge in [0.2, 0.25) is 0 Å². The number of ketones is 1. The van der Waals surface area contributed by atoms with Gasteiger partial charge >= 0.3 is 0 Å². The topological polar surface area (TPSA) is 42.3 Å². The van der Waals surface area contributed by atoms with Crippen LogP contribution in [0.4, 0.5) is 0 Å². The van der Waals surface area contributed by atoms with Gasteiger partial charge in [-0.15, -0.1) is 0 Å². The predicted octanol–water partition coefficient (Wildman–Crippen LogP) is 4.81. The molecule has 0 spiro atoms. The summed E-state index contributed by atoms with van der Waals surface area (Å²) in [7, 11) is 0. The molecule has 0 fully saturated rings. The lowest BCUT2D eigenvalue weighted by Gasteiger charge is -2.27. The van der Waals surface area contributed by atoms with Crippen molar-refractivity contribution in [3.8, 4) is 0 Å². The molecule has 2 aliphatic rings. The summed E-state index contributed by atoms with van der Waals surface area (Å²) in [6.07, 6.45) is 4.36. The molecule has 5 rings (SSSR count). The van der Waals surface area contributed by atoms with Gasteiger partial charge in [0.15, 0.2) is 5.78 Å². The number of para-hydroxylation sites is 1. The second kappa shape index (κ2) is 7.18. The number of hydrogen-bond donors (Lipinski definition) is 0. The van der Waals surface area contributed by atoms with Gasteiger partial charge in [-0.3, -0.25) is 9.59 Å². The van der Waals surface area contributed by atoms with Crippen LogP contribution in [0.5, 0.6) is 0 Å². The Hall–Kier alpha value is -2.88. The highest BCUT2D eigenvalue weighted by Crippen LogP contribution is 2.40. The molecule has 0 bridgehead atoms. The number of amides is 1. The van der Waals surface area contributed by atoms with Gasteiger partial charge in [0, 0.05) is 54.2 Å². The van der Waals surface area contributed by atoms with Crippen molar-refractivity contribution < 1.29 is 9.59 Å². The molecule has 4 heteroatoms. The van der Waals surface area contributed by atoms with Crippen molar-refractivity contribution >= 4 is 22.6 Å². The molecule has 1 amide bonds. The van der Waals surface area contributed by atoms with Crippen molar-refractivity contribution in [2.75, 3.05) is 13.1 Å². The van der Waals surface area contributed by atoms with Gasteiger partial charge in [-0.05, 0) is 36.6 Å². The normalized spacial score (nSPS) is 18.6. The predicted molar refractivity (Wildman–Crippen MR) is 115 cm³/mol. The first-order chi connectivity index (χ1) is 14.2. The van der Waals surface area contributed by atoms with Crippen LogP contribution in [0.1, 0.15) is 64.2 Å². The smallest absolute Gasteiger partial charge is 0.253 e. The number of Topliss-reactive ketones (excluding diaryl/α,β-unsaturated/α-hetero) is 1. The average Bonchev–Trinajstić information content (AvgIpc) is 2.91. The Morgan fingerprint density at radius 1 is 1.03 bits per heavy atom. The number of hydrogen-bond acceptors (Lipinski definition) is 2. The molecule has 29 heavy (non-hydrogen) atoms. The quantitative estimate of drug-likeness (QED) is 0.648. The molecule has 2 aliphatic heterocycles. The van der Waals surface area contributed by atoms with Gasteiger partial charge < -0.3 is 9.47 Å². The highest BCUT2D eigenvalue weighted by atomic mass is 16.2. The minimum absolute atomic E-state index is 0.111. The summed E-state index contributed by atoms with van der Waals surface area (Å²) in [4.78, 5) is 27.8. The highest BCUT2D eigenvalue weighted by molar-refractivity contribution is 6.10. The highest BCUT2D eigenvalue weighted by Gasteiger charge is 2.33. The van der Waals surface area contributed by atoms with Gasteiger partial charge in [0.05, 0.1) is 5.52 Å². The zero-order valence-corrected chi connectivity index (χ0v) is 16.9. The molecule has 0 saturated carbocycles. The van der Waals surface area contributed by atoms with Crippen LogP contribution < -0.4 is 0 Å². The fraction of sp³-hybridized carbons (Fsp3) is 0.360. The summed E-state index contributed by atoms with van der Waals surface area (Å²) in [5, 5.41) is 1.21. The zero-order valence-electron chi connectivity index (χ0n) is 16.9. The summed E-state index contributed by atoms with van der Waals surface area (Å²) in [5.41, 5.74) is 5.43. The van der Waals surface area contributed by atoms with Gasteiger partial charge in [-0.25, -0.2) is 0 Å². The van der Waals surface area contributed by atoms with E-state index in [0.29, 0.717) is 6.42 Å². The minimum Gasteiger partial charge on any atom is -0.340 e. The van der Waals surface area contributed by atoms with Crippen molar-refractivity contribution in [2.24, 2.45) is 0 Å². The third-order valence-electron chi connectivity index (χ3n) is 6.51. The fourth-order valence-corrected chi connectivity index (χ4v) is 5.21. The van der Waals surface area contributed by atoms with Crippen LogP contribution in [0.3, 0.4) is 0 Å². The van der Waals surface area contributed by atoms with E-state index in [2.05, 4.69) is 17.6 Å². The van der Waals surface area contributed by atoms with Crippen LogP contribution in [0.25, 0.3) is 10.9 Å². The van der Waals surface area contributed by atoms with E-state index < -0.39 is 0 Å². The lowest BCUT2D eigenvalue weighted by molar-refractivity contribution is 0.0762. The van der Waals surface area contributed by atoms with Crippen LogP contribution >= 0.6 is 0 Å². The standard InChI is InChI=1S/C25H26N2O2/c1-2-7-18-16-23(28)21-11-6-10-20-19-12-14-26(15-13-22(19)27(18)24(20)21)25(29)17-8-4-3-5-9-17/h3-6,8-11,18H,2,7,12-16H2,1H3. The maximum absolute atomic E-state index is 13.0. The summed E-state index contributed by atoms with van der Waals surface area (Å²) in [6, 6.07) is 16.0. The Labute approximate surface area is 171 Å². The molecule has 1 unspecified atom stereocenters. The summed E-state index contributed by atoms with van der Waals surface area (Å²) in [5.74, 6) is 0.384. The average molecular weight is 386 g/mol. The first-order valence-corrected chi connectivity index (χ1v) is 10.7. The summed E-state index contributed by atoms with van der Waals surface area (Å²) < 4.78 is 2.46. The van der Waals surface area contributed by atoms with E-state index in [1.807, 2.05) is 47.4 Å². The van der Waals surface area contributed by atoms with Gasteiger partial charge in [0.25, 0.3) is 5.91 Å². The van der Waals surface area contributed by atoms with Crippen LogP contribution in [-0.4, -0.2) is 34.2 Å². The minimum atomic E-state index is 0.111. The fourth-order valence-electron chi connectivity index (χ4n) is 5.21. The summed E-state index contributed by atoms with van der Waals surface area (Å²) >= 11 is 0. The third-order valence-corrected chi connectivity index (χ3v) is 6.51. The molecule has 148 valence electrons. The lowest BCUT2D eigenvalue weighted by Crippen LogP contribution is -2.33. The summed E-state index contributed by atoms with van der Waals surface area (Å²) in [6.45, 7) is 3.63. The second-order valence-corrected chi connectivity index (χ2v) is 8.23. The Morgan fingerprint density at radius 3 is 2.62 bits per heavy atom. The Morgan fingerprint density at radius 2 is 1.83 bits per heavy atom. The molecule has 1 atom stereocenters. The number of carbonyl (C=O) groups is 2.